The average Bonchev–Trinajstić information content (AvgIpc) is 2.90. The van der Waals surface area contributed by atoms with E-state index in [9.17, 15) is 10.1 Å². The van der Waals surface area contributed by atoms with Crippen LogP contribution in [0.2, 0.25) is 0 Å². The van der Waals surface area contributed by atoms with Crippen molar-refractivity contribution in [2.24, 2.45) is 5.10 Å². The van der Waals surface area contributed by atoms with Crippen molar-refractivity contribution in [2.45, 2.75) is 5.16 Å². The van der Waals surface area contributed by atoms with Crippen molar-refractivity contribution < 1.29 is 4.92 Å². The third-order valence-electron chi connectivity index (χ3n) is 2.20. The van der Waals surface area contributed by atoms with Crippen molar-refractivity contribution in [3.05, 3.63) is 46.3 Å². The van der Waals surface area contributed by atoms with E-state index in [2.05, 4.69) is 15.3 Å². The first kappa shape index (κ1) is 13.7. The van der Waals surface area contributed by atoms with Crippen LogP contribution in [0.3, 0.4) is 0 Å². The molecular formula is C11H8N6O2S. The van der Waals surface area contributed by atoms with Gasteiger partial charge in [0.1, 0.15) is 6.33 Å². The molecule has 9 heteroatoms. The van der Waals surface area contributed by atoms with Gasteiger partial charge >= 0.3 is 0 Å². The highest BCUT2D eigenvalue weighted by Crippen LogP contribution is 2.14. The number of nitro groups is 1. The molecule has 0 fully saturated rings. The molecule has 2 rings (SSSR count). The molecule has 2 aromatic rings. The second-order valence-electron chi connectivity index (χ2n) is 3.50. The lowest BCUT2D eigenvalue weighted by Crippen LogP contribution is -1.93. The zero-order chi connectivity index (χ0) is 14.4. The fourth-order valence-corrected chi connectivity index (χ4v) is 1.83. The van der Waals surface area contributed by atoms with Gasteiger partial charge in [-0.15, -0.1) is 10.2 Å². The standard InChI is InChI=1S/C11H8N6O2S/c12-5-6-20-11-15-13-8-16(11)14-7-9-1-3-10(4-2-9)17(18)19/h1-4,7-8H,6H2/b14-7+. The molecule has 0 amide bonds. The summed E-state index contributed by atoms with van der Waals surface area (Å²) in [6.45, 7) is 0. The van der Waals surface area contributed by atoms with E-state index in [0.717, 1.165) is 0 Å². The van der Waals surface area contributed by atoms with Crippen LogP contribution >= 0.6 is 11.8 Å². The van der Waals surface area contributed by atoms with E-state index in [0.29, 0.717) is 10.7 Å². The molecule has 0 unspecified atom stereocenters. The number of thioether (sulfide) groups is 1. The van der Waals surface area contributed by atoms with Gasteiger partial charge in [-0.3, -0.25) is 10.1 Å². The fraction of sp³-hybridized carbons (Fsp3) is 0.0909. The van der Waals surface area contributed by atoms with Crippen LogP contribution in [-0.2, 0) is 0 Å². The van der Waals surface area contributed by atoms with Crippen molar-refractivity contribution in [3.8, 4) is 6.07 Å². The molecule has 1 aromatic carbocycles. The predicted octanol–water partition coefficient (Wildman–Crippen LogP) is 1.68. The first-order chi connectivity index (χ1) is 9.70. The minimum Gasteiger partial charge on any atom is -0.258 e. The Morgan fingerprint density at radius 1 is 1.50 bits per heavy atom. The molecule has 0 atom stereocenters. The van der Waals surface area contributed by atoms with Crippen molar-refractivity contribution in [2.75, 3.05) is 5.75 Å². The van der Waals surface area contributed by atoms with E-state index in [4.69, 9.17) is 5.26 Å². The quantitative estimate of drug-likeness (QED) is 0.358. The van der Waals surface area contributed by atoms with Gasteiger partial charge in [-0.25, -0.2) is 0 Å². The number of rotatable bonds is 5. The summed E-state index contributed by atoms with van der Waals surface area (Å²) in [6.07, 6.45) is 2.95. The summed E-state index contributed by atoms with van der Waals surface area (Å²) in [5.74, 6) is 0.256. The molecule has 0 radical (unpaired) electrons. The number of aromatic nitrogens is 3. The third kappa shape index (κ3) is 3.39. The molecule has 0 saturated heterocycles. The maximum Gasteiger partial charge on any atom is 0.269 e. The van der Waals surface area contributed by atoms with Gasteiger partial charge in [-0.1, -0.05) is 11.8 Å². The minimum atomic E-state index is -0.461. The van der Waals surface area contributed by atoms with Crippen LogP contribution in [0.1, 0.15) is 5.56 Å². The van der Waals surface area contributed by atoms with E-state index < -0.39 is 4.92 Å². The molecular weight excluding hydrogens is 280 g/mol. The maximum atomic E-state index is 10.5. The number of nitriles is 1. The molecule has 0 saturated carbocycles. The van der Waals surface area contributed by atoms with Crippen LogP contribution in [0.5, 0.6) is 0 Å². The monoisotopic (exact) mass is 288 g/mol. The molecule has 0 bridgehead atoms. The summed E-state index contributed by atoms with van der Waals surface area (Å²) in [5.41, 5.74) is 0.734. The number of hydrogen-bond acceptors (Lipinski definition) is 7. The molecule has 0 aliphatic rings. The lowest BCUT2D eigenvalue weighted by molar-refractivity contribution is -0.384. The molecule has 8 nitrogen and oxygen atoms in total. The van der Waals surface area contributed by atoms with Crippen molar-refractivity contribution in [1.82, 2.24) is 14.9 Å². The Kier molecular flexibility index (Phi) is 4.41. The largest absolute Gasteiger partial charge is 0.269 e. The molecule has 1 aromatic heterocycles. The number of benzene rings is 1. The van der Waals surface area contributed by atoms with Gasteiger partial charge in [-0.2, -0.15) is 15.0 Å². The third-order valence-corrected chi connectivity index (χ3v) is 3.00. The van der Waals surface area contributed by atoms with Crippen molar-refractivity contribution >= 4 is 23.7 Å². The summed E-state index contributed by atoms with van der Waals surface area (Å²) in [6, 6.07) is 7.98. The highest BCUT2D eigenvalue weighted by atomic mass is 32.2. The zero-order valence-electron chi connectivity index (χ0n) is 10.1. The molecule has 0 aliphatic carbocycles. The molecule has 0 spiro atoms. The smallest absolute Gasteiger partial charge is 0.258 e. The normalized spacial score (nSPS) is 10.6. The summed E-state index contributed by atoms with van der Waals surface area (Å²) in [7, 11) is 0. The van der Waals surface area contributed by atoms with Crippen molar-refractivity contribution in [1.29, 1.82) is 5.26 Å². The predicted molar refractivity (Wildman–Crippen MR) is 72.4 cm³/mol. The van der Waals surface area contributed by atoms with Crippen LogP contribution in [0.25, 0.3) is 0 Å². The number of non-ortho nitro benzene ring substituents is 1. The Hall–Kier alpha value is -2.73. The first-order valence-corrected chi connectivity index (χ1v) is 6.38. The molecule has 100 valence electrons. The minimum absolute atomic E-state index is 0.0247. The van der Waals surface area contributed by atoms with Crippen LogP contribution in [0.15, 0.2) is 40.9 Å². The Bertz CT molecular complexity index is 673. The molecule has 20 heavy (non-hydrogen) atoms. The Labute approximate surface area is 117 Å². The van der Waals surface area contributed by atoms with Crippen LogP contribution in [0.4, 0.5) is 5.69 Å². The highest BCUT2D eigenvalue weighted by molar-refractivity contribution is 7.99. The maximum absolute atomic E-state index is 10.5. The summed E-state index contributed by atoms with van der Waals surface area (Å²) < 4.78 is 1.43. The fourth-order valence-electron chi connectivity index (χ4n) is 1.30. The van der Waals surface area contributed by atoms with Crippen LogP contribution < -0.4 is 0 Å². The lowest BCUT2D eigenvalue weighted by atomic mass is 10.2. The van der Waals surface area contributed by atoms with E-state index in [1.807, 2.05) is 6.07 Å². The van der Waals surface area contributed by atoms with Gasteiger partial charge in [0.2, 0.25) is 5.16 Å². The molecule has 0 aliphatic heterocycles. The number of nitro benzene ring substituents is 1. The Morgan fingerprint density at radius 3 is 2.90 bits per heavy atom. The summed E-state index contributed by atoms with van der Waals surface area (Å²) in [5, 5.41) is 31.2. The SMILES string of the molecule is N#CCSc1nncn1/N=C/c1ccc([N+](=O)[O-])cc1. The van der Waals surface area contributed by atoms with Gasteiger partial charge in [0.05, 0.1) is 23.0 Å². The lowest BCUT2D eigenvalue weighted by Gasteiger charge is -1.97. The van der Waals surface area contributed by atoms with E-state index >= 15 is 0 Å². The van der Waals surface area contributed by atoms with E-state index in [1.54, 1.807) is 12.1 Å². The first-order valence-electron chi connectivity index (χ1n) is 5.39. The number of hydrogen-bond donors (Lipinski definition) is 0. The summed E-state index contributed by atoms with van der Waals surface area (Å²) in [4.78, 5) is 10.1. The second-order valence-corrected chi connectivity index (χ2v) is 4.44. The molecule has 0 N–H and O–H groups in total. The van der Waals surface area contributed by atoms with Gasteiger partial charge < -0.3 is 0 Å². The second kappa shape index (κ2) is 6.44. The molecule has 1 heterocycles. The Balaban J connectivity index is 2.11. The number of nitrogens with zero attached hydrogens (tertiary/aromatic N) is 6. The topological polar surface area (TPSA) is 110 Å². The van der Waals surface area contributed by atoms with Gasteiger partial charge in [0.25, 0.3) is 5.69 Å². The summed E-state index contributed by atoms with van der Waals surface area (Å²) >= 11 is 1.22. The van der Waals surface area contributed by atoms with Gasteiger partial charge in [0, 0.05) is 12.1 Å². The Morgan fingerprint density at radius 2 is 2.25 bits per heavy atom. The van der Waals surface area contributed by atoms with Crippen molar-refractivity contribution in [3.63, 3.8) is 0 Å². The van der Waals surface area contributed by atoms with E-state index in [-0.39, 0.29) is 11.4 Å². The van der Waals surface area contributed by atoms with Gasteiger partial charge in [-0.05, 0) is 17.7 Å². The van der Waals surface area contributed by atoms with Crippen LogP contribution in [0, 0.1) is 21.4 Å². The highest BCUT2D eigenvalue weighted by Gasteiger charge is 2.04. The van der Waals surface area contributed by atoms with Crippen LogP contribution in [-0.4, -0.2) is 31.8 Å². The zero-order valence-corrected chi connectivity index (χ0v) is 10.9. The average molecular weight is 288 g/mol. The van der Waals surface area contributed by atoms with Gasteiger partial charge in [0.15, 0.2) is 0 Å². The van der Waals surface area contributed by atoms with E-state index in [1.165, 1.54) is 41.1 Å².